The van der Waals surface area contributed by atoms with Crippen LogP contribution in [0.5, 0.6) is 0 Å². The molecule has 2 aromatic heterocycles. The predicted octanol–water partition coefficient (Wildman–Crippen LogP) is 0.652. The lowest BCUT2D eigenvalue weighted by Gasteiger charge is -2.28. The van der Waals surface area contributed by atoms with Crippen molar-refractivity contribution in [3.8, 4) is 0 Å². The van der Waals surface area contributed by atoms with Gasteiger partial charge < -0.3 is 16.2 Å². The third-order valence-corrected chi connectivity index (χ3v) is 3.57. The fourth-order valence-electron chi connectivity index (χ4n) is 2.57. The SMILES string of the molecule is Nc1nc(NC2(CO)CCCC2)c2cn[nH]c2n1. The first-order valence-corrected chi connectivity index (χ1v) is 6.08. The molecule has 0 aromatic carbocycles. The van der Waals surface area contributed by atoms with Gasteiger partial charge >= 0.3 is 0 Å². The molecule has 0 radical (unpaired) electrons. The summed E-state index contributed by atoms with van der Waals surface area (Å²) < 4.78 is 0. The maximum atomic E-state index is 9.61. The van der Waals surface area contributed by atoms with E-state index in [1.165, 1.54) is 0 Å². The van der Waals surface area contributed by atoms with E-state index in [9.17, 15) is 5.11 Å². The number of hydrogen-bond acceptors (Lipinski definition) is 6. The van der Waals surface area contributed by atoms with Gasteiger partial charge in [-0.1, -0.05) is 12.8 Å². The quantitative estimate of drug-likeness (QED) is 0.634. The Morgan fingerprint density at radius 3 is 2.89 bits per heavy atom. The lowest BCUT2D eigenvalue weighted by Crippen LogP contribution is -2.39. The topological polar surface area (TPSA) is 113 Å². The maximum absolute atomic E-state index is 9.61. The number of hydrogen-bond donors (Lipinski definition) is 4. The van der Waals surface area contributed by atoms with Crippen molar-refractivity contribution in [2.75, 3.05) is 17.7 Å². The molecular weight excluding hydrogens is 232 g/mol. The largest absolute Gasteiger partial charge is 0.394 e. The Balaban J connectivity index is 2.01. The highest BCUT2D eigenvalue weighted by atomic mass is 16.3. The molecule has 96 valence electrons. The zero-order valence-electron chi connectivity index (χ0n) is 9.98. The summed E-state index contributed by atoms with van der Waals surface area (Å²) in [5, 5.41) is 20.5. The first kappa shape index (κ1) is 11.2. The van der Waals surface area contributed by atoms with Gasteiger partial charge in [0, 0.05) is 0 Å². The molecule has 0 saturated heterocycles. The molecule has 0 bridgehead atoms. The number of aromatic amines is 1. The van der Waals surface area contributed by atoms with Gasteiger partial charge in [-0.2, -0.15) is 15.1 Å². The van der Waals surface area contributed by atoms with Crippen LogP contribution in [-0.2, 0) is 0 Å². The van der Waals surface area contributed by atoms with Gasteiger partial charge in [0.05, 0.1) is 23.7 Å². The van der Waals surface area contributed by atoms with Crippen LogP contribution in [0, 0.1) is 0 Å². The normalized spacial score (nSPS) is 18.3. The van der Waals surface area contributed by atoms with Crippen LogP contribution in [-0.4, -0.2) is 37.4 Å². The van der Waals surface area contributed by atoms with Crippen molar-refractivity contribution in [1.29, 1.82) is 0 Å². The average Bonchev–Trinajstić information content (AvgIpc) is 2.98. The van der Waals surface area contributed by atoms with E-state index in [2.05, 4.69) is 25.5 Å². The van der Waals surface area contributed by atoms with E-state index in [1.807, 2.05) is 0 Å². The summed E-state index contributed by atoms with van der Waals surface area (Å²) in [6.45, 7) is 0.0935. The summed E-state index contributed by atoms with van der Waals surface area (Å²) in [6.07, 6.45) is 5.77. The second-order valence-electron chi connectivity index (χ2n) is 4.83. The number of nitrogen functional groups attached to an aromatic ring is 1. The molecule has 0 amide bonds. The lowest BCUT2D eigenvalue weighted by atomic mass is 9.99. The standard InChI is InChI=1S/C11H16N6O/c12-10-14-8(7-5-13-17-9(7)15-10)16-11(6-18)3-1-2-4-11/h5,18H,1-4,6H2,(H4,12,13,14,15,16,17). The number of fused-ring (bicyclic) bond motifs is 1. The molecule has 2 heterocycles. The van der Waals surface area contributed by atoms with Crippen LogP contribution in [0.25, 0.3) is 11.0 Å². The number of aliphatic hydroxyl groups is 1. The Morgan fingerprint density at radius 1 is 1.39 bits per heavy atom. The highest BCUT2D eigenvalue weighted by molar-refractivity contribution is 5.87. The third kappa shape index (κ3) is 1.76. The zero-order chi connectivity index (χ0) is 12.6. The Kier molecular flexibility index (Phi) is 2.55. The highest BCUT2D eigenvalue weighted by Crippen LogP contribution is 2.33. The molecule has 1 saturated carbocycles. The van der Waals surface area contributed by atoms with Crippen molar-refractivity contribution in [1.82, 2.24) is 20.2 Å². The van der Waals surface area contributed by atoms with Crippen LogP contribution in [0.3, 0.4) is 0 Å². The summed E-state index contributed by atoms with van der Waals surface area (Å²) in [6, 6.07) is 0. The Morgan fingerprint density at radius 2 is 2.17 bits per heavy atom. The average molecular weight is 248 g/mol. The van der Waals surface area contributed by atoms with Crippen LogP contribution in [0.1, 0.15) is 25.7 Å². The summed E-state index contributed by atoms with van der Waals surface area (Å²) in [5.41, 5.74) is 5.99. The van der Waals surface area contributed by atoms with Crippen LogP contribution in [0.15, 0.2) is 6.20 Å². The summed E-state index contributed by atoms with van der Waals surface area (Å²) in [7, 11) is 0. The number of aromatic nitrogens is 4. The molecule has 2 aromatic rings. The Bertz CT molecular complexity index is 560. The van der Waals surface area contributed by atoms with E-state index in [-0.39, 0.29) is 18.1 Å². The second-order valence-corrected chi connectivity index (χ2v) is 4.83. The van der Waals surface area contributed by atoms with E-state index < -0.39 is 0 Å². The summed E-state index contributed by atoms with van der Waals surface area (Å²) >= 11 is 0. The predicted molar refractivity (Wildman–Crippen MR) is 68.0 cm³/mol. The highest BCUT2D eigenvalue weighted by Gasteiger charge is 2.34. The molecule has 18 heavy (non-hydrogen) atoms. The molecule has 1 aliphatic rings. The monoisotopic (exact) mass is 248 g/mol. The smallest absolute Gasteiger partial charge is 0.224 e. The number of nitrogens with two attached hydrogens (primary N) is 1. The van der Waals surface area contributed by atoms with E-state index in [0.717, 1.165) is 31.1 Å². The van der Waals surface area contributed by atoms with E-state index >= 15 is 0 Å². The van der Waals surface area contributed by atoms with Crippen molar-refractivity contribution in [3.63, 3.8) is 0 Å². The number of anilines is 2. The van der Waals surface area contributed by atoms with Crippen LogP contribution < -0.4 is 11.1 Å². The number of aliphatic hydroxyl groups excluding tert-OH is 1. The molecule has 3 rings (SSSR count). The van der Waals surface area contributed by atoms with Crippen LogP contribution in [0.2, 0.25) is 0 Å². The van der Waals surface area contributed by atoms with Gasteiger partial charge in [-0.15, -0.1) is 0 Å². The van der Waals surface area contributed by atoms with E-state index in [1.54, 1.807) is 6.20 Å². The summed E-state index contributed by atoms with van der Waals surface area (Å²) in [5.74, 6) is 0.836. The Hall–Kier alpha value is -1.89. The third-order valence-electron chi connectivity index (χ3n) is 3.57. The van der Waals surface area contributed by atoms with Crippen molar-refractivity contribution in [3.05, 3.63) is 6.20 Å². The maximum Gasteiger partial charge on any atom is 0.224 e. The minimum atomic E-state index is -0.287. The molecule has 0 atom stereocenters. The molecule has 7 heteroatoms. The number of rotatable bonds is 3. The molecule has 1 fully saturated rings. The molecule has 0 spiro atoms. The van der Waals surface area contributed by atoms with E-state index in [0.29, 0.717) is 11.5 Å². The van der Waals surface area contributed by atoms with Gasteiger partial charge in [0.25, 0.3) is 0 Å². The molecular formula is C11H16N6O. The van der Waals surface area contributed by atoms with Crippen LogP contribution in [0.4, 0.5) is 11.8 Å². The van der Waals surface area contributed by atoms with Gasteiger partial charge in [0.15, 0.2) is 5.65 Å². The van der Waals surface area contributed by atoms with Gasteiger partial charge in [0.2, 0.25) is 5.95 Å². The van der Waals surface area contributed by atoms with E-state index in [4.69, 9.17) is 5.73 Å². The molecule has 1 aliphatic carbocycles. The fourth-order valence-corrected chi connectivity index (χ4v) is 2.57. The fraction of sp³-hybridized carbons (Fsp3) is 0.545. The van der Waals surface area contributed by atoms with Gasteiger partial charge in [0.1, 0.15) is 5.82 Å². The summed E-state index contributed by atoms with van der Waals surface area (Å²) in [4.78, 5) is 8.28. The first-order chi connectivity index (χ1) is 8.72. The van der Waals surface area contributed by atoms with Gasteiger partial charge in [-0.25, -0.2) is 0 Å². The Labute approximate surface area is 104 Å². The molecule has 0 unspecified atom stereocenters. The van der Waals surface area contributed by atoms with Crippen molar-refractivity contribution in [2.45, 2.75) is 31.2 Å². The number of H-pyrrole nitrogens is 1. The lowest BCUT2D eigenvalue weighted by molar-refractivity contribution is 0.214. The number of nitrogens with one attached hydrogen (secondary N) is 2. The van der Waals surface area contributed by atoms with Crippen molar-refractivity contribution in [2.24, 2.45) is 0 Å². The first-order valence-electron chi connectivity index (χ1n) is 6.08. The van der Waals surface area contributed by atoms with Crippen LogP contribution >= 0.6 is 0 Å². The molecule has 0 aliphatic heterocycles. The van der Waals surface area contributed by atoms with Crippen molar-refractivity contribution < 1.29 is 5.11 Å². The molecule has 5 N–H and O–H groups in total. The van der Waals surface area contributed by atoms with Gasteiger partial charge in [-0.3, -0.25) is 5.10 Å². The minimum Gasteiger partial charge on any atom is -0.394 e. The van der Waals surface area contributed by atoms with Gasteiger partial charge in [-0.05, 0) is 12.8 Å². The van der Waals surface area contributed by atoms with Crippen molar-refractivity contribution >= 4 is 22.8 Å². The minimum absolute atomic E-state index is 0.0935. The second kappa shape index (κ2) is 4.09. The number of nitrogens with zero attached hydrogens (tertiary/aromatic N) is 3. The molecule has 7 nitrogen and oxygen atoms in total. The zero-order valence-corrected chi connectivity index (χ0v) is 9.98.